The molecule has 1 heterocycles. The van der Waals surface area contributed by atoms with Crippen molar-refractivity contribution < 1.29 is 10.0 Å². The van der Waals surface area contributed by atoms with Gasteiger partial charge in [0.25, 0.3) is 5.69 Å². The van der Waals surface area contributed by atoms with Gasteiger partial charge in [-0.05, 0) is 6.92 Å². The summed E-state index contributed by atoms with van der Waals surface area (Å²) in [5, 5.41) is 26.0. The summed E-state index contributed by atoms with van der Waals surface area (Å²) in [5.41, 5.74) is -0.333. The van der Waals surface area contributed by atoms with Crippen LogP contribution < -0.4 is 10.6 Å². The summed E-state index contributed by atoms with van der Waals surface area (Å²) in [4.78, 5) is 14.6. The lowest BCUT2D eigenvalue weighted by Gasteiger charge is -2.22. The Labute approximate surface area is 112 Å². The van der Waals surface area contributed by atoms with Gasteiger partial charge in [-0.2, -0.15) is 0 Å². The molecule has 7 nitrogen and oxygen atoms in total. The van der Waals surface area contributed by atoms with Crippen LogP contribution in [0.5, 0.6) is 0 Å². The summed E-state index contributed by atoms with van der Waals surface area (Å²) in [6, 6.07) is 2.78. The van der Waals surface area contributed by atoms with Gasteiger partial charge in [0.15, 0.2) is 0 Å². The predicted molar refractivity (Wildman–Crippen MR) is 74.4 cm³/mol. The lowest BCUT2D eigenvalue weighted by atomic mass is 9.95. The van der Waals surface area contributed by atoms with Crippen molar-refractivity contribution in [2.24, 2.45) is 5.41 Å². The van der Waals surface area contributed by atoms with Crippen LogP contribution in [0.4, 0.5) is 17.3 Å². The zero-order valence-corrected chi connectivity index (χ0v) is 11.4. The third-order valence-corrected chi connectivity index (χ3v) is 2.55. The smallest absolute Gasteiger partial charge is 0.276 e. The fourth-order valence-corrected chi connectivity index (χ4v) is 1.37. The average Bonchev–Trinajstić information content (AvgIpc) is 2.37. The van der Waals surface area contributed by atoms with Crippen molar-refractivity contribution in [2.45, 2.75) is 20.8 Å². The van der Waals surface area contributed by atoms with Crippen molar-refractivity contribution in [3.05, 3.63) is 22.2 Å². The molecule has 0 aliphatic rings. The molecule has 0 aromatic carbocycles. The van der Waals surface area contributed by atoms with Crippen molar-refractivity contribution in [1.29, 1.82) is 0 Å². The van der Waals surface area contributed by atoms with E-state index in [1.165, 1.54) is 12.1 Å². The number of rotatable bonds is 7. The Morgan fingerprint density at radius 1 is 1.37 bits per heavy atom. The number of aromatic nitrogens is 1. The highest BCUT2D eigenvalue weighted by Gasteiger charge is 2.17. The summed E-state index contributed by atoms with van der Waals surface area (Å²) in [5.74, 6) is 0.882. The maximum Gasteiger partial charge on any atom is 0.276 e. The van der Waals surface area contributed by atoms with Crippen LogP contribution in [-0.4, -0.2) is 34.7 Å². The first-order valence-electron chi connectivity index (χ1n) is 6.13. The molecule has 0 amide bonds. The number of nitrogens with one attached hydrogen (secondary N) is 2. The molecule has 0 bridgehead atoms. The van der Waals surface area contributed by atoms with Gasteiger partial charge in [0.05, 0.1) is 17.1 Å². The Hall–Kier alpha value is -1.89. The molecule has 0 radical (unpaired) electrons. The van der Waals surface area contributed by atoms with Crippen LogP contribution in [0.1, 0.15) is 20.8 Å². The Kier molecular flexibility index (Phi) is 5.05. The molecular formula is C12H20N4O3. The summed E-state index contributed by atoms with van der Waals surface area (Å²) in [6.45, 7) is 6.81. The number of aliphatic hydroxyl groups excluding tert-OH is 1. The first-order valence-corrected chi connectivity index (χ1v) is 6.13. The molecule has 1 aromatic heterocycles. The van der Waals surface area contributed by atoms with Crippen molar-refractivity contribution >= 4 is 17.3 Å². The first-order chi connectivity index (χ1) is 8.88. The van der Waals surface area contributed by atoms with Gasteiger partial charge in [-0.25, -0.2) is 4.98 Å². The van der Waals surface area contributed by atoms with E-state index in [-0.39, 0.29) is 17.7 Å². The second-order valence-electron chi connectivity index (χ2n) is 5.06. The van der Waals surface area contributed by atoms with E-state index in [4.69, 9.17) is 0 Å². The predicted octanol–water partition coefficient (Wildman–Crippen LogP) is 1.85. The van der Waals surface area contributed by atoms with Crippen molar-refractivity contribution in [3.63, 3.8) is 0 Å². The van der Waals surface area contributed by atoms with E-state index in [0.29, 0.717) is 24.7 Å². The summed E-state index contributed by atoms with van der Waals surface area (Å²) in [6.07, 6.45) is 0. The fraction of sp³-hybridized carbons (Fsp3) is 0.583. The first kappa shape index (κ1) is 15.2. The molecule has 1 aromatic rings. The zero-order valence-electron chi connectivity index (χ0n) is 11.4. The van der Waals surface area contributed by atoms with Crippen LogP contribution >= 0.6 is 0 Å². The molecule has 0 saturated carbocycles. The zero-order chi connectivity index (χ0) is 14.5. The molecule has 0 atom stereocenters. The number of nitro groups is 1. The van der Waals surface area contributed by atoms with E-state index >= 15 is 0 Å². The highest BCUT2D eigenvalue weighted by atomic mass is 16.6. The average molecular weight is 268 g/mol. The van der Waals surface area contributed by atoms with Crippen LogP contribution in [0.3, 0.4) is 0 Å². The third-order valence-electron chi connectivity index (χ3n) is 2.55. The largest absolute Gasteiger partial charge is 0.396 e. The Balaban J connectivity index is 2.90. The van der Waals surface area contributed by atoms with Crippen molar-refractivity contribution in [2.75, 3.05) is 30.3 Å². The minimum atomic E-state index is -0.453. The molecular weight excluding hydrogens is 248 g/mol. The number of anilines is 2. The van der Waals surface area contributed by atoms with Gasteiger partial charge in [0.2, 0.25) is 0 Å². The number of hydrogen-bond donors (Lipinski definition) is 3. The molecule has 0 fully saturated rings. The van der Waals surface area contributed by atoms with E-state index in [1.807, 2.05) is 20.8 Å². The molecule has 0 spiro atoms. The van der Waals surface area contributed by atoms with Gasteiger partial charge >= 0.3 is 0 Å². The Morgan fingerprint density at radius 2 is 1.95 bits per heavy atom. The monoisotopic (exact) mass is 268 g/mol. The van der Waals surface area contributed by atoms with Crippen LogP contribution in [0.15, 0.2) is 12.1 Å². The van der Waals surface area contributed by atoms with Gasteiger partial charge in [0.1, 0.15) is 11.6 Å². The minimum Gasteiger partial charge on any atom is -0.396 e. The number of nitrogens with zero attached hydrogens (tertiary/aromatic N) is 2. The molecule has 0 saturated heterocycles. The van der Waals surface area contributed by atoms with Gasteiger partial charge in [-0.1, -0.05) is 13.8 Å². The van der Waals surface area contributed by atoms with E-state index in [9.17, 15) is 15.2 Å². The molecule has 19 heavy (non-hydrogen) atoms. The van der Waals surface area contributed by atoms with Crippen molar-refractivity contribution in [3.8, 4) is 0 Å². The third kappa shape index (κ3) is 4.70. The Bertz CT molecular complexity index is 449. The second-order valence-corrected chi connectivity index (χ2v) is 5.06. The standard InChI is InChI=1S/C12H20N4O3/c1-4-13-10-5-9(16(18)19)6-11(15-10)14-7-12(2,3)8-17/h5-6,17H,4,7-8H2,1-3H3,(H2,13,14,15). The SMILES string of the molecule is CCNc1cc([N+](=O)[O-])cc(NCC(C)(C)CO)n1. The van der Waals surface area contributed by atoms with Crippen molar-refractivity contribution in [1.82, 2.24) is 4.98 Å². The van der Waals surface area contributed by atoms with E-state index < -0.39 is 4.92 Å². The van der Waals surface area contributed by atoms with Crippen LogP contribution in [-0.2, 0) is 0 Å². The maximum atomic E-state index is 10.8. The van der Waals surface area contributed by atoms with Gasteiger partial charge in [-0.3, -0.25) is 10.1 Å². The number of aliphatic hydroxyl groups is 1. The van der Waals surface area contributed by atoms with E-state index in [2.05, 4.69) is 15.6 Å². The normalized spacial score (nSPS) is 11.2. The van der Waals surface area contributed by atoms with Crippen LogP contribution in [0, 0.1) is 15.5 Å². The Morgan fingerprint density at radius 3 is 2.42 bits per heavy atom. The molecule has 3 N–H and O–H groups in total. The topological polar surface area (TPSA) is 100 Å². The van der Waals surface area contributed by atoms with Gasteiger partial charge in [0, 0.05) is 25.1 Å². The lowest BCUT2D eigenvalue weighted by Crippen LogP contribution is -2.27. The minimum absolute atomic E-state index is 0.0183. The summed E-state index contributed by atoms with van der Waals surface area (Å²) < 4.78 is 0. The van der Waals surface area contributed by atoms with Gasteiger partial charge < -0.3 is 15.7 Å². The summed E-state index contributed by atoms with van der Waals surface area (Å²) >= 11 is 0. The highest BCUT2D eigenvalue weighted by molar-refractivity contribution is 5.54. The molecule has 0 aliphatic carbocycles. The molecule has 1 rings (SSSR count). The van der Waals surface area contributed by atoms with Gasteiger partial charge in [-0.15, -0.1) is 0 Å². The quantitative estimate of drug-likeness (QED) is 0.515. The highest BCUT2D eigenvalue weighted by Crippen LogP contribution is 2.22. The van der Waals surface area contributed by atoms with Crippen LogP contribution in [0.2, 0.25) is 0 Å². The number of pyridine rings is 1. The van der Waals surface area contributed by atoms with E-state index in [1.54, 1.807) is 0 Å². The summed E-state index contributed by atoms with van der Waals surface area (Å²) in [7, 11) is 0. The number of hydrogen-bond acceptors (Lipinski definition) is 6. The molecule has 7 heteroatoms. The second kappa shape index (κ2) is 6.33. The molecule has 106 valence electrons. The maximum absolute atomic E-state index is 10.8. The van der Waals surface area contributed by atoms with E-state index in [0.717, 1.165) is 0 Å². The molecule has 0 aliphatic heterocycles. The van der Waals surface area contributed by atoms with Crippen LogP contribution in [0.25, 0.3) is 0 Å². The fourth-order valence-electron chi connectivity index (χ4n) is 1.37. The lowest BCUT2D eigenvalue weighted by molar-refractivity contribution is -0.384. The molecule has 0 unspecified atom stereocenters.